The molecule has 1 aliphatic carbocycles. The van der Waals surface area contributed by atoms with Gasteiger partial charge in [-0.2, -0.15) is 0 Å². The molecular weight excluding hydrogens is 205 g/mol. The van der Waals surface area contributed by atoms with E-state index >= 15 is 0 Å². The second-order valence-electron chi connectivity index (χ2n) is 4.49. The Morgan fingerprint density at radius 3 is 2.69 bits per heavy atom. The molecule has 1 aliphatic rings. The monoisotopic (exact) mass is 227 g/mol. The van der Waals surface area contributed by atoms with E-state index in [0.29, 0.717) is 24.2 Å². The summed E-state index contributed by atoms with van der Waals surface area (Å²) in [6.07, 6.45) is 8.07. The van der Waals surface area contributed by atoms with Crippen LogP contribution in [0.5, 0.6) is 0 Å². The first-order chi connectivity index (χ1) is 7.76. The van der Waals surface area contributed by atoms with Crippen LogP contribution in [-0.4, -0.2) is 24.8 Å². The Morgan fingerprint density at radius 1 is 1.44 bits per heavy atom. The van der Waals surface area contributed by atoms with Crippen LogP contribution < -0.4 is 11.1 Å². The summed E-state index contributed by atoms with van der Waals surface area (Å²) < 4.78 is 12.1. The highest BCUT2D eigenvalue weighted by atomic mass is 19.2. The highest BCUT2D eigenvalue weighted by Crippen LogP contribution is 2.22. The van der Waals surface area contributed by atoms with Crippen molar-refractivity contribution in [3.8, 4) is 0 Å². The van der Waals surface area contributed by atoms with Gasteiger partial charge in [-0.05, 0) is 51.1 Å². The van der Waals surface area contributed by atoms with Crippen LogP contribution in [-0.2, 0) is 0 Å². The minimum absolute atomic E-state index is 0.391. The fraction of sp³-hybridized carbons (Fsp3) is 0.750. The van der Waals surface area contributed by atoms with Crippen molar-refractivity contribution >= 4 is 5.71 Å². The molecule has 0 spiro atoms. The van der Waals surface area contributed by atoms with E-state index in [1.165, 1.54) is 12.8 Å². The molecule has 0 radical (unpaired) electrons. The van der Waals surface area contributed by atoms with Gasteiger partial charge in [0.05, 0.1) is 5.71 Å². The Kier molecular flexibility index (Phi) is 6.26. The SMILES string of the molecule is C/C=C\C(CNCC1CCC(N)CC1)=N\F. The summed E-state index contributed by atoms with van der Waals surface area (Å²) in [6.45, 7) is 3.29. The van der Waals surface area contributed by atoms with Crippen molar-refractivity contribution in [1.82, 2.24) is 5.32 Å². The lowest BCUT2D eigenvalue weighted by atomic mass is 9.86. The molecule has 1 rings (SSSR count). The molecule has 0 unspecified atom stereocenters. The smallest absolute Gasteiger partial charge is 0.0868 e. The summed E-state index contributed by atoms with van der Waals surface area (Å²) >= 11 is 0. The summed E-state index contributed by atoms with van der Waals surface area (Å²) in [4.78, 5) is 0. The van der Waals surface area contributed by atoms with Crippen molar-refractivity contribution in [1.29, 1.82) is 0 Å². The van der Waals surface area contributed by atoms with Crippen LogP contribution >= 0.6 is 0 Å². The topological polar surface area (TPSA) is 50.4 Å². The van der Waals surface area contributed by atoms with Crippen molar-refractivity contribution in [2.24, 2.45) is 16.9 Å². The normalized spacial score (nSPS) is 27.6. The molecule has 16 heavy (non-hydrogen) atoms. The van der Waals surface area contributed by atoms with Gasteiger partial charge < -0.3 is 11.1 Å². The van der Waals surface area contributed by atoms with Gasteiger partial charge in [-0.1, -0.05) is 15.8 Å². The molecule has 0 heterocycles. The molecule has 0 aromatic rings. The molecule has 0 aromatic heterocycles. The van der Waals surface area contributed by atoms with E-state index in [9.17, 15) is 4.48 Å². The zero-order valence-corrected chi connectivity index (χ0v) is 9.95. The minimum Gasteiger partial charge on any atom is -0.328 e. The van der Waals surface area contributed by atoms with Crippen molar-refractivity contribution < 1.29 is 4.48 Å². The average molecular weight is 227 g/mol. The van der Waals surface area contributed by atoms with E-state index in [1.54, 1.807) is 12.2 Å². The van der Waals surface area contributed by atoms with Crippen molar-refractivity contribution in [2.75, 3.05) is 13.1 Å². The molecule has 0 amide bonds. The first kappa shape index (κ1) is 13.3. The lowest BCUT2D eigenvalue weighted by Gasteiger charge is -2.26. The van der Waals surface area contributed by atoms with Gasteiger partial charge in [0.2, 0.25) is 0 Å². The number of nitrogens with one attached hydrogen (secondary N) is 1. The number of hydrogen-bond donors (Lipinski definition) is 2. The van der Waals surface area contributed by atoms with E-state index in [4.69, 9.17) is 5.73 Å². The van der Waals surface area contributed by atoms with Gasteiger partial charge in [0, 0.05) is 12.6 Å². The highest BCUT2D eigenvalue weighted by Gasteiger charge is 2.17. The van der Waals surface area contributed by atoms with E-state index in [-0.39, 0.29) is 0 Å². The third-order valence-corrected chi connectivity index (χ3v) is 3.10. The third kappa shape index (κ3) is 4.86. The number of rotatable bonds is 5. The molecule has 1 fully saturated rings. The number of allylic oxidation sites excluding steroid dienone is 1. The average Bonchev–Trinajstić information content (AvgIpc) is 2.30. The van der Waals surface area contributed by atoms with Gasteiger partial charge in [-0.3, -0.25) is 0 Å². The third-order valence-electron chi connectivity index (χ3n) is 3.10. The lowest BCUT2D eigenvalue weighted by molar-refractivity contribution is 0.318. The number of nitrogens with two attached hydrogens (primary N) is 1. The van der Waals surface area contributed by atoms with E-state index in [1.807, 2.05) is 6.92 Å². The zero-order chi connectivity index (χ0) is 11.8. The maximum absolute atomic E-state index is 12.1. The summed E-state index contributed by atoms with van der Waals surface area (Å²) in [5.74, 6) is 0.686. The molecule has 4 heteroatoms. The van der Waals surface area contributed by atoms with Gasteiger partial charge in [0.1, 0.15) is 0 Å². The summed E-state index contributed by atoms with van der Waals surface area (Å²) in [7, 11) is 0. The van der Waals surface area contributed by atoms with Crippen molar-refractivity contribution in [2.45, 2.75) is 38.6 Å². The predicted octanol–water partition coefficient (Wildman–Crippen LogP) is 2.00. The Balaban J connectivity index is 2.15. The number of halogens is 1. The molecule has 1 saturated carbocycles. The largest absolute Gasteiger partial charge is 0.328 e. The fourth-order valence-electron chi connectivity index (χ4n) is 2.11. The Bertz CT molecular complexity index is 243. The maximum atomic E-state index is 12.1. The Labute approximate surface area is 96.9 Å². The van der Waals surface area contributed by atoms with Crippen molar-refractivity contribution in [3.63, 3.8) is 0 Å². The van der Waals surface area contributed by atoms with Crippen LogP contribution in [0, 0.1) is 5.92 Å². The standard InChI is InChI=1S/C12H22FN3/c1-2-3-12(16-13)9-15-8-10-4-6-11(14)7-5-10/h2-3,10-11,15H,4-9,14H2,1H3/b3-2-,16-12-. The first-order valence-corrected chi connectivity index (χ1v) is 6.03. The summed E-state index contributed by atoms with van der Waals surface area (Å²) in [5.41, 5.74) is 6.29. The van der Waals surface area contributed by atoms with Crippen LogP contribution in [0.4, 0.5) is 4.48 Å². The Morgan fingerprint density at radius 2 is 2.12 bits per heavy atom. The molecule has 0 atom stereocenters. The van der Waals surface area contributed by atoms with Gasteiger partial charge >= 0.3 is 0 Å². The second-order valence-corrected chi connectivity index (χ2v) is 4.49. The molecule has 3 N–H and O–H groups in total. The lowest BCUT2D eigenvalue weighted by Crippen LogP contribution is -2.33. The van der Waals surface area contributed by atoms with Crippen LogP contribution in [0.3, 0.4) is 0 Å². The molecule has 0 bridgehead atoms. The highest BCUT2D eigenvalue weighted by molar-refractivity contribution is 5.96. The van der Waals surface area contributed by atoms with E-state index in [2.05, 4.69) is 10.5 Å². The van der Waals surface area contributed by atoms with Gasteiger partial charge in [0.25, 0.3) is 0 Å². The maximum Gasteiger partial charge on any atom is 0.0868 e. The molecule has 0 aliphatic heterocycles. The fourth-order valence-corrected chi connectivity index (χ4v) is 2.11. The minimum atomic E-state index is 0.391. The summed E-state index contributed by atoms with van der Waals surface area (Å²) in [6, 6.07) is 0.391. The number of hydrogen-bond acceptors (Lipinski definition) is 3. The van der Waals surface area contributed by atoms with Crippen LogP contribution in [0.1, 0.15) is 32.6 Å². The molecule has 0 saturated heterocycles. The first-order valence-electron chi connectivity index (χ1n) is 6.03. The van der Waals surface area contributed by atoms with Crippen LogP contribution in [0.25, 0.3) is 0 Å². The summed E-state index contributed by atoms with van der Waals surface area (Å²) in [5, 5.41) is 5.96. The van der Waals surface area contributed by atoms with E-state index < -0.39 is 0 Å². The molecular formula is C12H22FN3. The van der Waals surface area contributed by atoms with Gasteiger partial charge in [0.15, 0.2) is 0 Å². The van der Waals surface area contributed by atoms with Gasteiger partial charge in [-0.25, -0.2) is 0 Å². The predicted molar refractivity (Wildman–Crippen MR) is 66.2 cm³/mol. The van der Waals surface area contributed by atoms with Crippen LogP contribution in [0.2, 0.25) is 0 Å². The quantitative estimate of drug-likeness (QED) is 0.706. The Hall–Kier alpha value is -0.740. The van der Waals surface area contributed by atoms with Gasteiger partial charge in [-0.15, -0.1) is 0 Å². The van der Waals surface area contributed by atoms with Crippen molar-refractivity contribution in [3.05, 3.63) is 12.2 Å². The number of nitrogens with zero attached hydrogens (tertiary/aromatic N) is 1. The zero-order valence-electron chi connectivity index (χ0n) is 9.95. The van der Waals surface area contributed by atoms with E-state index in [0.717, 1.165) is 19.4 Å². The van der Waals surface area contributed by atoms with Crippen LogP contribution in [0.15, 0.2) is 17.4 Å². The molecule has 92 valence electrons. The molecule has 0 aromatic carbocycles. The second kappa shape index (κ2) is 7.52. The molecule has 3 nitrogen and oxygen atoms in total.